The van der Waals surface area contributed by atoms with Crippen molar-refractivity contribution in [2.75, 3.05) is 27.7 Å². The fraction of sp³-hybridized carbons (Fsp3) is 0.261. The number of Topliss-reactive ketones (excluding diaryl/α,β-unsaturated/α-hetero) is 2. The second-order valence-electron chi connectivity index (χ2n) is 7.93. The van der Waals surface area contributed by atoms with E-state index in [-0.39, 0.29) is 28.6 Å². The van der Waals surface area contributed by atoms with Crippen LogP contribution < -0.4 is 4.65 Å². The minimum absolute atomic E-state index is 0. The van der Waals surface area contributed by atoms with Crippen LogP contribution in [0.4, 0.5) is 5.69 Å². The lowest BCUT2D eigenvalue weighted by atomic mass is 9.77. The average molecular weight is 425 g/mol. The largest absolute Gasteiger partial charge is 0.309 e. The second kappa shape index (κ2) is 7.25. The van der Waals surface area contributed by atoms with Gasteiger partial charge in [0.1, 0.15) is 5.57 Å². The molecule has 0 saturated carbocycles. The molecule has 0 bridgehead atoms. The number of benzene rings is 2. The molecule has 30 heavy (non-hydrogen) atoms. The molecule has 2 heterocycles. The van der Waals surface area contributed by atoms with E-state index >= 15 is 0 Å². The molecule has 2 aliphatic heterocycles. The van der Waals surface area contributed by atoms with Crippen LogP contribution in [0.3, 0.4) is 0 Å². The molecule has 154 valence electrons. The third kappa shape index (κ3) is 2.58. The summed E-state index contributed by atoms with van der Waals surface area (Å²) in [4.78, 5) is 39.2. The van der Waals surface area contributed by atoms with Crippen molar-refractivity contribution in [3.05, 3.63) is 59.4 Å². The van der Waals surface area contributed by atoms with Crippen LogP contribution in [0.5, 0.6) is 0 Å². The lowest BCUT2D eigenvalue weighted by molar-refractivity contribution is -0.129. The van der Waals surface area contributed by atoms with Gasteiger partial charge in [-0.25, -0.2) is 4.99 Å². The predicted octanol–water partition coefficient (Wildman–Crippen LogP) is 3.50. The van der Waals surface area contributed by atoms with Gasteiger partial charge >= 0.3 is 0 Å². The molecule has 5 rings (SSSR count). The highest BCUT2D eigenvalue weighted by molar-refractivity contribution is 6.40. The van der Waals surface area contributed by atoms with E-state index < -0.39 is 5.92 Å². The standard InChI is InChI=1S/C23H22N3O3.ClH/c1-25(2)11-10-16-22(27)17-12-24-13-26(29-3)18-9-8-14-6-4-5-7-15(14)19(18)20(21(17)26)23(16)28;/h4-9,12-13,16H,10-11H2,1-3H3;1H/q+1;. The van der Waals surface area contributed by atoms with Crippen molar-refractivity contribution in [1.29, 1.82) is 0 Å². The van der Waals surface area contributed by atoms with E-state index in [4.69, 9.17) is 4.84 Å². The fourth-order valence-corrected chi connectivity index (χ4v) is 4.69. The third-order valence-electron chi connectivity index (χ3n) is 6.07. The highest BCUT2D eigenvalue weighted by atomic mass is 35.5. The van der Waals surface area contributed by atoms with Crippen molar-refractivity contribution < 1.29 is 14.4 Å². The first-order valence-electron chi connectivity index (χ1n) is 9.69. The van der Waals surface area contributed by atoms with Gasteiger partial charge in [0.15, 0.2) is 17.3 Å². The quantitative estimate of drug-likeness (QED) is 0.556. The Morgan fingerprint density at radius 3 is 2.60 bits per heavy atom. The number of carbonyl (C=O) groups excluding carboxylic acids is 2. The van der Waals surface area contributed by atoms with Gasteiger partial charge in [0, 0.05) is 12.3 Å². The Morgan fingerprint density at radius 2 is 1.87 bits per heavy atom. The van der Waals surface area contributed by atoms with E-state index in [1.165, 1.54) is 0 Å². The van der Waals surface area contributed by atoms with Gasteiger partial charge in [-0.1, -0.05) is 28.9 Å². The zero-order valence-electron chi connectivity index (χ0n) is 17.1. The first kappa shape index (κ1) is 20.6. The molecule has 7 heteroatoms. The van der Waals surface area contributed by atoms with Gasteiger partial charge in [-0.2, -0.15) is 4.84 Å². The number of hydroxylamine groups is 2. The molecule has 0 fully saturated rings. The van der Waals surface area contributed by atoms with Crippen molar-refractivity contribution in [2.45, 2.75) is 6.42 Å². The molecular formula is C23H23ClN3O3+. The number of allylic oxidation sites excluding steroid dienone is 2. The number of quaternary nitrogens is 1. The molecule has 2 unspecified atom stereocenters. The number of rotatable bonds is 4. The molecule has 2 atom stereocenters. The molecule has 1 aliphatic carbocycles. The topological polar surface area (TPSA) is 59.0 Å². The van der Waals surface area contributed by atoms with Crippen LogP contribution in [0.1, 0.15) is 12.0 Å². The van der Waals surface area contributed by atoms with E-state index in [1.807, 2.05) is 55.4 Å². The molecule has 0 amide bonds. The highest BCUT2D eigenvalue weighted by Gasteiger charge is 2.58. The molecule has 0 radical (unpaired) electrons. The van der Waals surface area contributed by atoms with Crippen LogP contribution in [-0.4, -0.2) is 50.6 Å². The van der Waals surface area contributed by atoms with Gasteiger partial charge in [-0.3, -0.25) is 9.59 Å². The van der Waals surface area contributed by atoms with E-state index in [0.29, 0.717) is 29.8 Å². The molecule has 3 aliphatic rings. The van der Waals surface area contributed by atoms with Crippen molar-refractivity contribution >= 4 is 52.3 Å². The molecule has 0 aromatic heterocycles. The number of fused-ring (bicyclic) bond motifs is 5. The first-order chi connectivity index (χ1) is 14.0. The van der Waals surface area contributed by atoms with Crippen LogP contribution in [0.25, 0.3) is 16.3 Å². The normalized spacial score (nSPS) is 24.1. The summed E-state index contributed by atoms with van der Waals surface area (Å²) in [6.07, 6.45) is 3.71. The SMILES string of the molecule is CO[N+]12C=NC=C3C(=O)C(CCN(C)C)C(=O)C(=C31)c1c2ccc2ccccc12.Cl. The van der Waals surface area contributed by atoms with Crippen molar-refractivity contribution in [3.8, 4) is 0 Å². The monoisotopic (exact) mass is 424 g/mol. The van der Waals surface area contributed by atoms with Gasteiger partial charge in [0.2, 0.25) is 12.0 Å². The summed E-state index contributed by atoms with van der Waals surface area (Å²) in [5.74, 6) is -0.975. The summed E-state index contributed by atoms with van der Waals surface area (Å²) in [6.45, 7) is 0.661. The predicted molar refractivity (Wildman–Crippen MR) is 120 cm³/mol. The smallest absolute Gasteiger partial charge is 0.233 e. The molecular weight excluding hydrogens is 402 g/mol. The second-order valence-corrected chi connectivity index (χ2v) is 7.93. The maximum atomic E-state index is 13.7. The number of aliphatic imine (C=N–C) groups is 1. The van der Waals surface area contributed by atoms with E-state index in [1.54, 1.807) is 19.6 Å². The van der Waals surface area contributed by atoms with Crippen LogP contribution in [0, 0.1) is 5.92 Å². The Labute approximate surface area is 181 Å². The molecule has 0 N–H and O–H groups in total. The van der Waals surface area contributed by atoms with Gasteiger partial charge in [-0.15, -0.1) is 12.4 Å². The van der Waals surface area contributed by atoms with Crippen LogP contribution in [0.15, 0.2) is 58.9 Å². The summed E-state index contributed by atoms with van der Waals surface area (Å²) in [7, 11) is 5.46. The van der Waals surface area contributed by atoms with Crippen molar-refractivity contribution in [2.24, 2.45) is 10.9 Å². The minimum atomic E-state index is -0.695. The Kier molecular flexibility index (Phi) is 4.98. The number of carbonyl (C=O) groups is 2. The fourth-order valence-electron chi connectivity index (χ4n) is 4.69. The van der Waals surface area contributed by atoms with Crippen LogP contribution >= 0.6 is 12.4 Å². The van der Waals surface area contributed by atoms with Crippen LogP contribution in [-0.2, 0) is 14.4 Å². The maximum Gasteiger partial charge on any atom is 0.233 e. The molecule has 0 spiro atoms. The zero-order chi connectivity index (χ0) is 20.3. The van der Waals surface area contributed by atoms with E-state index in [2.05, 4.69) is 4.99 Å². The van der Waals surface area contributed by atoms with Crippen LogP contribution in [0.2, 0.25) is 0 Å². The molecule has 6 nitrogen and oxygen atoms in total. The molecule has 2 aromatic carbocycles. The lowest BCUT2D eigenvalue weighted by Gasteiger charge is -2.32. The molecule has 2 aromatic rings. The zero-order valence-corrected chi connectivity index (χ0v) is 17.9. The number of ketones is 2. The van der Waals surface area contributed by atoms with Gasteiger partial charge in [0.25, 0.3) is 0 Å². The van der Waals surface area contributed by atoms with E-state index in [9.17, 15) is 9.59 Å². The van der Waals surface area contributed by atoms with Gasteiger partial charge in [0.05, 0.1) is 24.2 Å². The van der Waals surface area contributed by atoms with Crippen molar-refractivity contribution in [1.82, 2.24) is 9.55 Å². The lowest BCUT2D eigenvalue weighted by Crippen LogP contribution is -2.49. The summed E-state index contributed by atoms with van der Waals surface area (Å²) in [5, 5.41) is 2.03. The molecule has 0 saturated heterocycles. The number of hydrogen-bond acceptors (Lipinski definition) is 5. The third-order valence-corrected chi connectivity index (χ3v) is 6.07. The summed E-state index contributed by atoms with van der Waals surface area (Å²) in [5.41, 5.74) is 3.35. The summed E-state index contributed by atoms with van der Waals surface area (Å²) >= 11 is 0. The Morgan fingerprint density at radius 1 is 1.10 bits per heavy atom. The highest BCUT2D eigenvalue weighted by Crippen LogP contribution is 2.54. The first-order valence-corrected chi connectivity index (χ1v) is 9.69. The van der Waals surface area contributed by atoms with Gasteiger partial charge in [-0.05, 0) is 43.9 Å². The van der Waals surface area contributed by atoms with Gasteiger partial charge < -0.3 is 4.90 Å². The number of nitrogens with zero attached hydrogens (tertiary/aromatic N) is 3. The summed E-state index contributed by atoms with van der Waals surface area (Å²) in [6, 6.07) is 12.0. The minimum Gasteiger partial charge on any atom is -0.309 e. The maximum absolute atomic E-state index is 13.7. The Bertz CT molecular complexity index is 1180. The average Bonchev–Trinajstić information content (AvgIpc) is 3.04. The number of hydrogen-bond donors (Lipinski definition) is 0. The Balaban J connectivity index is 0.00000218. The summed E-state index contributed by atoms with van der Waals surface area (Å²) < 4.78 is -0.154. The van der Waals surface area contributed by atoms with Crippen molar-refractivity contribution in [3.63, 3.8) is 0 Å². The number of halogens is 1. The Hall–Kier alpha value is -2.64. The van der Waals surface area contributed by atoms with E-state index in [0.717, 1.165) is 22.0 Å².